The molecule has 0 amide bonds. The van der Waals surface area contributed by atoms with Gasteiger partial charge in [0.05, 0.1) is 5.56 Å². The summed E-state index contributed by atoms with van der Waals surface area (Å²) in [5.41, 5.74) is 8.60. The molecule has 0 saturated heterocycles. The standard InChI is InChI=1S/C26H32N/c1-6-9-23-21-14-11-18(4)16-22(21)24-15-13-20-12-10-19(5)17-25(20)27(24)26(23,7-2)8-3/h10-17,23H,6-9H2,1-5H3/q+1. The Balaban J connectivity index is 2.17. The third-order valence-corrected chi connectivity index (χ3v) is 6.84. The molecule has 1 heteroatoms. The van der Waals surface area contributed by atoms with Crippen molar-refractivity contribution in [3.05, 3.63) is 65.2 Å². The summed E-state index contributed by atoms with van der Waals surface area (Å²) in [7, 11) is 0. The summed E-state index contributed by atoms with van der Waals surface area (Å²) in [4.78, 5) is 0. The molecule has 0 fully saturated rings. The second-order valence-corrected chi connectivity index (χ2v) is 8.36. The zero-order chi connectivity index (χ0) is 19.2. The van der Waals surface area contributed by atoms with Gasteiger partial charge in [-0.25, -0.2) is 0 Å². The Labute approximate surface area is 164 Å². The molecule has 0 saturated carbocycles. The average molecular weight is 359 g/mol. The molecule has 1 aliphatic heterocycles. The Morgan fingerprint density at radius 3 is 2.22 bits per heavy atom. The monoisotopic (exact) mass is 358 g/mol. The van der Waals surface area contributed by atoms with Gasteiger partial charge in [0.25, 0.3) is 0 Å². The topological polar surface area (TPSA) is 3.88 Å². The molecule has 2 aromatic carbocycles. The van der Waals surface area contributed by atoms with Crippen molar-refractivity contribution in [1.82, 2.24) is 0 Å². The fraction of sp³-hybridized carbons (Fsp3) is 0.423. The quantitative estimate of drug-likeness (QED) is 0.450. The average Bonchev–Trinajstić information content (AvgIpc) is 2.68. The molecule has 3 aromatic rings. The van der Waals surface area contributed by atoms with Crippen molar-refractivity contribution < 1.29 is 4.57 Å². The van der Waals surface area contributed by atoms with E-state index < -0.39 is 0 Å². The van der Waals surface area contributed by atoms with Crippen LogP contribution in [0.1, 0.15) is 69.1 Å². The van der Waals surface area contributed by atoms with E-state index in [4.69, 9.17) is 0 Å². The van der Waals surface area contributed by atoms with Crippen LogP contribution in [0.25, 0.3) is 22.2 Å². The minimum Gasteiger partial charge on any atom is -0.185 e. The number of aryl methyl sites for hydroxylation is 2. The predicted octanol–water partition coefficient (Wildman–Crippen LogP) is 6.82. The molecule has 140 valence electrons. The first kappa shape index (κ1) is 18.2. The van der Waals surface area contributed by atoms with E-state index >= 15 is 0 Å². The summed E-state index contributed by atoms with van der Waals surface area (Å²) >= 11 is 0. The Kier molecular flexibility index (Phi) is 4.58. The SMILES string of the molecule is CCCC1c2ccc(C)cc2-c2ccc3ccc(C)cc3[n+]2C1(CC)CC. The number of aromatic nitrogens is 1. The highest BCUT2D eigenvalue weighted by atomic mass is 15.1. The van der Waals surface area contributed by atoms with Crippen LogP contribution in [0.15, 0.2) is 48.5 Å². The highest BCUT2D eigenvalue weighted by Crippen LogP contribution is 2.48. The van der Waals surface area contributed by atoms with E-state index in [1.807, 2.05) is 0 Å². The van der Waals surface area contributed by atoms with Crippen LogP contribution in [0.4, 0.5) is 0 Å². The molecule has 1 nitrogen and oxygen atoms in total. The maximum absolute atomic E-state index is 2.72. The van der Waals surface area contributed by atoms with Crippen molar-refractivity contribution in [3.8, 4) is 11.3 Å². The van der Waals surface area contributed by atoms with Crippen molar-refractivity contribution in [1.29, 1.82) is 0 Å². The van der Waals surface area contributed by atoms with E-state index in [1.54, 1.807) is 5.56 Å². The molecule has 1 aliphatic rings. The third kappa shape index (κ3) is 2.63. The lowest BCUT2D eigenvalue weighted by molar-refractivity contribution is -0.740. The first-order chi connectivity index (χ1) is 13.1. The minimum atomic E-state index is 0.140. The van der Waals surface area contributed by atoms with E-state index in [1.165, 1.54) is 46.1 Å². The maximum Gasteiger partial charge on any atom is 0.213 e. The third-order valence-electron chi connectivity index (χ3n) is 6.84. The zero-order valence-corrected chi connectivity index (χ0v) is 17.5. The fourth-order valence-corrected chi connectivity index (χ4v) is 5.46. The van der Waals surface area contributed by atoms with Crippen LogP contribution in [0, 0.1) is 13.8 Å². The van der Waals surface area contributed by atoms with Gasteiger partial charge in [-0.2, -0.15) is 4.57 Å². The molecule has 0 N–H and O–H groups in total. The van der Waals surface area contributed by atoms with Crippen LogP contribution < -0.4 is 4.57 Å². The van der Waals surface area contributed by atoms with E-state index in [9.17, 15) is 0 Å². The van der Waals surface area contributed by atoms with Crippen LogP contribution in [0.5, 0.6) is 0 Å². The van der Waals surface area contributed by atoms with Gasteiger partial charge in [-0.05, 0) is 49.6 Å². The Bertz CT molecular complexity index is 995. The molecule has 4 rings (SSSR count). The first-order valence-electron chi connectivity index (χ1n) is 10.6. The summed E-state index contributed by atoms with van der Waals surface area (Å²) in [6.07, 6.45) is 4.78. The Morgan fingerprint density at radius 1 is 0.852 bits per heavy atom. The van der Waals surface area contributed by atoms with Gasteiger partial charge in [-0.15, -0.1) is 0 Å². The molecule has 2 heterocycles. The van der Waals surface area contributed by atoms with Gasteiger partial charge in [0.15, 0.2) is 5.54 Å². The fourth-order valence-electron chi connectivity index (χ4n) is 5.46. The maximum atomic E-state index is 2.72. The van der Waals surface area contributed by atoms with Gasteiger partial charge in [0, 0.05) is 36.3 Å². The largest absolute Gasteiger partial charge is 0.213 e. The smallest absolute Gasteiger partial charge is 0.185 e. The summed E-state index contributed by atoms with van der Waals surface area (Å²) < 4.78 is 2.72. The molecular formula is C26H32N+. The Morgan fingerprint density at radius 2 is 1.52 bits per heavy atom. The highest BCUT2D eigenvalue weighted by Gasteiger charge is 2.51. The van der Waals surface area contributed by atoms with Gasteiger partial charge in [0.1, 0.15) is 0 Å². The summed E-state index contributed by atoms with van der Waals surface area (Å²) in [5.74, 6) is 0.566. The van der Waals surface area contributed by atoms with Crippen molar-refractivity contribution in [2.45, 2.75) is 71.8 Å². The lowest BCUT2D eigenvalue weighted by Gasteiger charge is -2.41. The number of fused-ring (bicyclic) bond motifs is 5. The molecule has 1 unspecified atom stereocenters. The van der Waals surface area contributed by atoms with Crippen molar-refractivity contribution >= 4 is 10.9 Å². The molecule has 1 aromatic heterocycles. The van der Waals surface area contributed by atoms with E-state index in [2.05, 4.69) is 87.7 Å². The van der Waals surface area contributed by atoms with Crippen molar-refractivity contribution in [2.75, 3.05) is 0 Å². The molecule has 0 aliphatic carbocycles. The molecule has 0 radical (unpaired) electrons. The number of pyridine rings is 1. The number of rotatable bonds is 4. The number of hydrogen-bond acceptors (Lipinski definition) is 0. The van der Waals surface area contributed by atoms with Crippen LogP contribution in [0.3, 0.4) is 0 Å². The first-order valence-corrected chi connectivity index (χ1v) is 10.6. The molecule has 1 atom stereocenters. The van der Waals surface area contributed by atoms with Crippen LogP contribution in [-0.4, -0.2) is 0 Å². The van der Waals surface area contributed by atoms with Gasteiger partial charge >= 0.3 is 0 Å². The summed E-state index contributed by atoms with van der Waals surface area (Å²) in [5, 5.41) is 1.35. The van der Waals surface area contributed by atoms with Crippen LogP contribution in [-0.2, 0) is 5.54 Å². The van der Waals surface area contributed by atoms with Gasteiger partial charge < -0.3 is 0 Å². The molecule has 0 spiro atoms. The number of hydrogen-bond donors (Lipinski definition) is 0. The van der Waals surface area contributed by atoms with E-state index in [0.29, 0.717) is 5.92 Å². The minimum absolute atomic E-state index is 0.140. The lowest BCUT2D eigenvalue weighted by atomic mass is 9.68. The number of benzene rings is 2. The summed E-state index contributed by atoms with van der Waals surface area (Å²) in [6.45, 7) is 11.5. The lowest BCUT2D eigenvalue weighted by Crippen LogP contribution is -2.62. The van der Waals surface area contributed by atoms with Gasteiger partial charge in [0.2, 0.25) is 11.2 Å². The second-order valence-electron chi connectivity index (χ2n) is 8.36. The van der Waals surface area contributed by atoms with Crippen molar-refractivity contribution in [2.24, 2.45) is 0 Å². The normalized spacial score (nSPS) is 17.6. The zero-order valence-electron chi connectivity index (χ0n) is 17.5. The van der Waals surface area contributed by atoms with Crippen molar-refractivity contribution in [3.63, 3.8) is 0 Å². The molecule has 27 heavy (non-hydrogen) atoms. The number of nitrogens with zero attached hydrogens (tertiary/aromatic N) is 1. The van der Waals surface area contributed by atoms with Crippen LogP contribution >= 0.6 is 0 Å². The molecule has 0 bridgehead atoms. The van der Waals surface area contributed by atoms with E-state index in [-0.39, 0.29) is 5.54 Å². The van der Waals surface area contributed by atoms with Gasteiger partial charge in [-0.1, -0.05) is 51.0 Å². The highest BCUT2D eigenvalue weighted by molar-refractivity contribution is 5.79. The summed E-state index contributed by atoms with van der Waals surface area (Å²) in [6, 6.07) is 18.7. The van der Waals surface area contributed by atoms with Gasteiger partial charge in [-0.3, -0.25) is 0 Å². The Hall–Kier alpha value is -2.15. The molecular weight excluding hydrogens is 326 g/mol. The van der Waals surface area contributed by atoms with E-state index in [0.717, 1.165) is 12.8 Å². The van der Waals surface area contributed by atoms with Crippen LogP contribution in [0.2, 0.25) is 0 Å². The predicted molar refractivity (Wildman–Crippen MR) is 115 cm³/mol. The second kappa shape index (κ2) is 6.78.